The molecular formula is C21H24ClN3OS. The highest BCUT2D eigenvalue weighted by molar-refractivity contribution is 7.98. The van der Waals surface area contributed by atoms with Gasteiger partial charge in [0.25, 0.3) is 0 Å². The number of rotatable bonds is 7. The maximum atomic E-state index is 6.13. The number of ether oxygens (including phenoxy) is 1. The third kappa shape index (κ3) is 4.85. The molecule has 3 aromatic rings. The van der Waals surface area contributed by atoms with E-state index in [9.17, 15) is 0 Å². The molecule has 0 saturated heterocycles. The van der Waals surface area contributed by atoms with Crippen molar-refractivity contribution >= 4 is 23.4 Å². The van der Waals surface area contributed by atoms with Gasteiger partial charge in [0, 0.05) is 17.3 Å². The highest BCUT2D eigenvalue weighted by Gasteiger charge is 2.19. The predicted molar refractivity (Wildman–Crippen MR) is 112 cm³/mol. The largest absolute Gasteiger partial charge is 0.482 e. The van der Waals surface area contributed by atoms with Crippen molar-refractivity contribution in [1.82, 2.24) is 14.8 Å². The topological polar surface area (TPSA) is 39.9 Å². The fourth-order valence-corrected chi connectivity index (χ4v) is 4.02. The standard InChI is InChI=1S/C21H24ClN3OS/c1-5-25-20(16(4)26-19-11-10-18(22)12-15(19)3)23-24-21(25)27-13-17-8-6-14(2)7-9-17/h6-12,16H,5,13H2,1-4H3. The molecule has 1 unspecified atom stereocenters. The molecule has 0 saturated carbocycles. The van der Waals surface area contributed by atoms with Gasteiger partial charge in [0.1, 0.15) is 5.75 Å². The summed E-state index contributed by atoms with van der Waals surface area (Å²) in [5, 5.41) is 10.4. The van der Waals surface area contributed by atoms with Gasteiger partial charge in [0.15, 0.2) is 17.1 Å². The van der Waals surface area contributed by atoms with Crippen LogP contribution in [0.2, 0.25) is 5.02 Å². The second kappa shape index (κ2) is 8.81. The molecule has 0 fully saturated rings. The lowest BCUT2D eigenvalue weighted by atomic mass is 10.2. The van der Waals surface area contributed by atoms with Crippen molar-refractivity contribution in [3.63, 3.8) is 0 Å². The summed E-state index contributed by atoms with van der Waals surface area (Å²) in [6.07, 6.45) is -0.203. The second-order valence-electron chi connectivity index (χ2n) is 6.53. The fourth-order valence-electron chi connectivity index (χ4n) is 2.83. The Morgan fingerprint density at radius 3 is 2.52 bits per heavy atom. The van der Waals surface area contributed by atoms with E-state index in [0.29, 0.717) is 5.02 Å². The van der Waals surface area contributed by atoms with Gasteiger partial charge in [-0.2, -0.15) is 0 Å². The summed E-state index contributed by atoms with van der Waals surface area (Å²) in [5.74, 6) is 2.51. The van der Waals surface area contributed by atoms with E-state index in [0.717, 1.165) is 34.6 Å². The van der Waals surface area contributed by atoms with Gasteiger partial charge in [-0.15, -0.1) is 10.2 Å². The second-order valence-corrected chi connectivity index (χ2v) is 7.91. The van der Waals surface area contributed by atoms with Crippen LogP contribution in [0.4, 0.5) is 0 Å². The van der Waals surface area contributed by atoms with Gasteiger partial charge >= 0.3 is 0 Å². The summed E-state index contributed by atoms with van der Waals surface area (Å²) in [6, 6.07) is 14.2. The van der Waals surface area contributed by atoms with E-state index in [4.69, 9.17) is 16.3 Å². The number of halogens is 1. The van der Waals surface area contributed by atoms with Crippen molar-refractivity contribution < 1.29 is 4.74 Å². The van der Waals surface area contributed by atoms with Crippen LogP contribution in [0, 0.1) is 13.8 Å². The lowest BCUT2D eigenvalue weighted by Crippen LogP contribution is -2.12. The Labute approximate surface area is 169 Å². The van der Waals surface area contributed by atoms with E-state index >= 15 is 0 Å². The maximum absolute atomic E-state index is 6.13. The summed E-state index contributed by atoms with van der Waals surface area (Å²) < 4.78 is 8.25. The normalized spacial score (nSPS) is 12.2. The summed E-state index contributed by atoms with van der Waals surface area (Å²) in [6.45, 7) is 8.98. The Hall–Kier alpha value is -1.98. The van der Waals surface area contributed by atoms with Crippen LogP contribution in [0.3, 0.4) is 0 Å². The highest BCUT2D eigenvalue weighted by Crippen LogP contribution is 2.29. The van der Waals surface area contributed by atoms with E-state index in [2.05, 4.69) is 52.9 Å². The molecule has 0 radical (unpaired) electrons. The molecule has 1 heterocycles. The first-order chi connectivity index (χ1) is 13.0. The molecule has 0 bridgehead atoms. The van der Waals surface area contributed by atoms with Gasteiger partial charge in [0.05, 0.1) is 0 Å². The fraction of sp³-hybridized carbons (Fsp3) is 0.333. The zero-order chi connectivity index (χ0) is 19.4. The average Bonchev–Trinajstić information content (AvgIpc) is 3.06. The lowest BCUT2D eigenvalue weighted by molar-refractivity contribution is 0.208. The molecule has 3 rings (SSSR count). The quantitative estimate of drug-likeness (QED) is 0.455. The summed E-state index contributed by atoms with van der Waals surface area (Å²) in [5.41, 5.74) is 3.55. The molecule has 142 valence electrons. The van der Waals surface area contributed by atoms with Crippen molar-refractivity contribution in [2.45, 2.75) is 51.3 Å². The number of aryl methyl sites for hydroxylation is 2. The molecule has 0 N–H and O–H groups in total. The molecule has 1 atom stereocenters. The Bertz CT molecular complexity index is 908. The van der Waals surface area contributed by atoms with E-state index < -0.39 is 0 Å². The number of benzene rings is 2. The molecule has 1 aromatic heterocycles. The Balaban J connectivity index is 1.73. The van der Waals surface area contributed by atoms with E-state index in [1.165, 1.54) is 11.1 Å². The van der Waals surface area contributed by atoms with Crippen LogP contribution in [-0.2, 0) is 12.3 Å². The number of aromatic nitrogens is 3. The third-order valence-electron chi connectivity index (χ3n) is 4.35. The minimum atomic E-state index is -0.203. The van der Waals surface area contributed by atoms with Crippen LogP contribution in [0.5, 0.6) is 5.75 Å². The summed E-state index contributed by atoms with van der Waals surface area (Å²) in [7, 11) is 0. The average molecular weight is 402 g/mol. The van der Waals surface area contributed by atoms with Crippen LogP contribution in [0.15, 0.2) is 47.6 Å². The van der Waals surface area contributed by atoms with Gasteiger partial charge < -0.3 is 9.30 Å². The molecule has 0 aliphatic rings. The molecule has 0 amide bonds. The number of hydrogen-bond donors (Lipinski definition) is 0. The van der Waals surface area contributed by atoms with Crippen molar-refractivity contribution in [1.29, 1.82) is 0 Å². The van der Waals surface area contributed by atoms with Crippen LogP contribution >= 0.6 is 23.4 Å². The zero-order valence-corrected chi connectivity index (χ0v) is 17.6. The molecule has 6 heteroatoms. The van der Waals surface area contributed by atoms with Gasteiger partial charge in [-0.05, 0) is 57.0 Å². The Morgan fingerprint density at radius 2 is 1.85 bits per heavy atom. The maximum Gasteiger partial charge on any atom is 0.191 e. The third-order valence-corrected chi connectivity index (χ3v) is 5.63. The first-order valence-corrected chi connectivity index (χ1v) is 10.4. The van der Waals surface area contributed by atoms with Crippen molar-refractivity contribution in [3.05, 3.63) is 70.0 Å². The Kier molecular flexibility index (Phi) is 6.45. The highest BCUT2D eigenvalue weighted by atomic mass is 35.5. The summed E-state index contributed by atoms with van der Waals surface area (Å²) >= 11 is 7.73. The van der Waals surface area contributed by atoms with Crippen LogP contribution in [-0.4, -0.2) is 14.8 Å². The zero-order valence-electron chi connectivity index (χ0n) is 16.1. The van der Waals surface area contributed by atoms with Gasteiger partial charge in [-0.3, -0.25) is 0 Å². The first-order valence-electron chi connectivity index (χ1n) is 9.02. The molecule has 4 nitrogen and oxygen atoms in total. The molecule has 0 aliphatic heterocycles. The lowest BCUT2D eigenvalue weighted by Gasteiger charge is -2.17. The molecule has 27 heavy (non-hydrogen) atoms. The van der Waals surface area contributed by atoms with E-state index in [1.54, 1.807) is 11.8 Å². The minimum Gasteiger partial charge on any atom is -0.482 e. The van der Waals surface area contributed by atoms with Gasteiger partial charge in [0.2, 0.25) is 0 Å². The van der Waals surface area contributed by atoms with Crippen molar-refractivity contribution in [2.75, 3.05) is 0 Å². The monoisotopic (exact) mass is 401 g/mol. The van der Waals surface area contributed by atoms with E-state index in [-0.39, 0.29) is 6.10 Å². The van der Waals surface area contributed by atoms with Crippen molar-refractivity contribution in [2.24, 2.45) is 0 Å². The minimum absolute atomic E-state index is 0.203. The SMILES string of the molecule is CCn1c(SCc2ccc(C)cc2)nnc1C(C)Oc1ccc(Cl)cc1C. The molecule has 0 spiro atoms. The van der Waals surface area contributed by atoms with Crippen LogP contribution < -0.4 is 4.74 Å². The number of thioether (sulfide) groups is 1. The molecular weight excluding hydrogens is 378 g/mol. The van der Waals surface area contributed by atoms with Crippen LogP contribution in [0.1, 0.15) is 42.5 Å². The molecule has 0 aliphatic carbocycles. The van der Waals surface area contributed by atoms with Crippen molar-refractivity contribution in [3.8, 4) is 5.75 Å². The van der Waals surface area contributed by atoms with Crippen LogP contribution in [0.25, 0.3) is 0 Å². The number of nitrogens with zero attached hydrogens (tertiary/aromatic N) is 3. The first kappa shape index (κ1) is 19.8. The smallest absolute Gasteiger partial charge is 0.191 e. The Morgan fingerprint density at radius 1 is 1.11 bits per heavy atom. The molecule has 2 aromatic carbocycles. The predicted octanol–water partition coefficient (Wildman–Crippen LogP) is 6.00. The van der Waals surface area contributed by atoms with E-state index in [1.807, 2.05) is 32.0 Å². The summed E-state index contributed by atoms with van der Waals surface area (Å²) in [4.78, 5) is 0. The van der Waals surface area contributed by atoms with Gasteiger partial charge in [-0.1, -0.05) is 53.2 Å². The van der Waals surface area contributed by atoms with Gasteiger partial charge in [-0.25, -0.2) is 0 Å². The number of hydrogen-bond acceptors (Lipinski definition) is 4.